The molecule has 3 N–H and O–H groups in total. The average Bonchev–Trinajstić information content (AvgIpc) is 3.20. The number of nitrogens with zero attached hydrogens (tertiary/aromatic N) is 1. The maximum atomic E-state index is 13.1. The standard InChI is InChI=1S/C26H28F3N3O5/c1-14-20-18(35-2)12-19(36-3)21(24(30)33)23(20)37-22(14)25(34)31-17-7-9-32(10-8-17)13-15-5-4-6-16(11-15)26(27,28)29/h4-6,11-12,17H,7-10,13H2,1-3H3,(H2,30,33)(H,31,34). The third-order valence-corrected chi connectivity index (χ3v) is 6.60. The third-order valence-electron chi connectivity index (χ3n) is 6.60. The third kappa shape index (κ3) is 5.36. The van der Waals surface area contributed by atoms with Gasteiger partial charge in [-0.25, -0.2) is 0 Å². The van der Waals surface area contributed by atoms with Crippen LogP contribution >= 0.6 is 0 Å². The lowest BCUT2D eigenvalue weighted by Gasteiger charge is -2.32. The van der Waals surface area contributed by atoms with Gasteiger partial charge in [-0.05, 0) is 31.4 Å². The number of primary amides is 1. The molecule has 2 aromatic carbocycles. The molecule has 3 aromatic rings. The number of amides is 2. The average molecular weight is 520 g/mol. The number of ether oxygens (including phenoxy) is 2. The molecule has 1 fully saturated rings. The van der Waals surface area contributed by atoms with Crippen LogP contribution in [0.4, 0.5) is 13.2 Å². The van der Waals surface area contributed by atoms with Crippen molar-refractivity contribution in [2.24, 2.45) is 5.73 Å². The van der Waals surface area contributed by atoms with Gasteiger partial charge in [-0.3, -0.25) is 14.5 Å². The zero-order chi connectivity index (χ0) is 26.9. The summed E-state index contributed by atoms with van der Waals surface area (Å²) >= 11 is 0. The van der Waals surface area contributed by atoms with Crippen molar-refractivity contribution in [1.29, 1.82) is 0 Å². The molecule has 2 heterocycles. The Morgan fingerprint density at radius 2 is 1.81 bits per heavy atom. The Hall–Kier alpha value is -3.73. The fourth-order valence-corrected chi connectivity index (χ4v) is 4.72. The van der Waals surface area contributed by atoms with Gasteiger partial charge in [-0.1, -0.05) is 18.2 Å². The van der Waals surface area contributed by atoms with Crippen LogP contribution in [0.3, 0.4) is 0 Å². The van der Waals surface area contributed by atoms with E-state index in [9.17, 15) is 22.8 Å². The summed E-state index contributed by atoms with van der Waals surface area (Å²) < 4.78 is 55.5. The van der Waals surface area contributed by atoms with Crippen LogP contribution < -0.4 is 20.5 Å². The van der Waals surface area contributed by atoms with Crippen LogP contribution in [0.5, 0.6) is 11.5 Å². The van der Waals surface area contributed by atoms with E-state index < -0.39 is 23.6 Å². The molecule has 0 bridgehead atoms. The van der Waals surface area contributed by atoms with Crippen LogP contribution in [0.2, 0.25) is 0 Å². The summed E-state index contributed by atoms with van der Waals surface area (Å²) in [6, 6.07) is 6.69. The number of alkyl halides is 3. The molecule has 37 heavy (non-hydrogen) atoms. The Labute approximate surface area is 211 Å². The van der Waals surface area contributed by atoms with Crippen LogP contribution in [0.1, 0.15) is 50.4 Å². The van der Waals surface area contributed by atoms with E-state index in [-0.39, 0.29) is 28.7 Å². The minimum absolute atomic E-state index is 0.0170. The molecule has 1 aliphatic rings. The largest absolute Gasteiger partial charge is 0.496 e. The molecule has 0 aliphatic carbocycles. The molecular formula is C26H28F3N3O5. The number of nitrogens with one attached hydrogen (secondary N) is 1. The summed E-state index contributed by atoms with van der Waals surface area (Å²) in [6.07, 6.45) is -3.14. The monoisotopic (exact) mass is 519 g/mol. The number of benzene rings is 2. The molecule has 0 atom stereocenters. The molecule has 0 unspecified atom stereocenters. The van der Waals surface area contributed by atoms with Gasteiger partial charge >= 0.3 is 6.18 Å². The second kappa shape index (κ2) is 10.3. The van der Waals surface area contributed by atoms with Gasteiger partial charge in [0.2, 0.25) is 0 Å². The van der Waals surface area contributed by atoms with E-state index in [0.29, 0.717) is 54.7 Å². The summed E-state index contributed by atoms with van der Waals surface area (Å²) in [7, 11) is 2.84. The Balaban J connectivity index is 1.46. The number of methoxy groups -OCH3 is 2. The number of hydrogen-bond donors (Lipinski definition) is 2. The van der Waals surface area contributed by atoms with E-state index in [1.807, 2.05) is 0 Å². The van der Waals surface area contributed by atoms with Gasteiger partial charge in [0.05, 0.1) is 25.2 Å². The molecule has 1 aromatic heterocycles. The summed E-state index contributed by atoms with van der Waals surface area (Å²) in [5.74, 6) is -0.624. The van der Waals surface area contributed by atoms with Crippen molar-refractivity contribution in [3.63, 3.8) is 0 Å². The summed E-state index contributed by atoms with van der Waals surface area (Å²) in [5, 5.41) is 3.43. The van der Waals surface area contributed by atoms with E-state index in [0.717, 1.165) is 6.07 Å². The minimum Gasteiger partial charge on any atom is -0.496 e. The van der Waals surface area contributed by atoms with Gasteiger partial charge in [0.1, 0.15) is 17.1 Å². The minimum atomic E-state index is -4.38. The quantitative estimate of drug-likeness (QED) is 0.483. The van der Waals surface area contributed by atoms with E-state index >= 15 is 0 Å². The fraction of sp³-hybridized carbons (Fsp3) is 0.385. The molecule has 2 amide bonds. The van der Waals surface area contributed by atoms with Gasteiger partial charge in [0, 0.05) is 37.3 Å². The van der Waals surface area contributed by atoms with E-state index in [1.165, 1.54) is 32.4 Å². The van der Waals surface area contributed by atoms with Crippen molar-refractivity contribution in [2.75, 3.05) is 27.3 Å². The first-order chi connectivity index (χ1) is 17.5. The van der Waals surface area contributed by atoms with Crippen molar-refractivity contribution < 1.29 is 36.7 Å². The molecular weight excluding hydrogens is 491 g/mol. The lowest BCUT2D eigenvalue weighted by atomic mass is 10.0. The Kier molecular flexibility index (Phi) is 7.35. The Morgan fingerprint density at radius 3 is 2.41 bits per heavy atom. The number of likely N-dealkylation sites (tertiary alicyclic amines) is 1. The first kappa shape index (κ1) is 26.3. The number of carbonyl (C=O) groups excluding carboxylic acids is 2. The van der Waals surface area contributed by atoms with Crippen LogP contribution in [0, 0.1) is 6.92 Å². The number of rotatable bonds is 7. The molecule has 198 valence electrons. The summed E-state index contributed by atoms with van der Waals surface area (Å²) in [6.45, 7) is 3.30. The number of furan rings is 1. The fourth-order valence-electron chi connectivity index (χ4n) is 4.72. The van der Waals surface area contributed by atoms with Crippen LogP contribution in [0.25, 0.3) is 11.0 Å². The van der Waals surface area contributed by atoms with E-state index in [2.05, 4.69) is 10.2 Å². The van der Waals surface area contributed by atoms with Gasteiger partial charge in [-0.15, -0.1) is 0 Å². The lowest BCUT2D eigenvalue weighted by molar-refractivity contribution is -0.137. The number of nitrogens with two attached hydrogens (primary N) is 1. The zero-order valence-corrected chi connectivity index (χ0v) is 20.7. The number of halogens is 3. The molecule has 1 saturated heterocycles. The molecule has 4 rings (SSSR count). The highest BCUT2D eigenvalue weighted by Crippen LogP contribution is 2.40. The number of hydrogen-bond acceptors (Lipinski definition) is 6. The Morgan fingerprint density at radius 1 is 1.14 bits per heavy atom. The number of aryl methyl sites for hydroxylation is 1. The van der Waals surface area contributed by atoms with E-state index in [4.69, 9.17) is 19.6 Å². The van der Waals surface area contributed by atoms with Crippen LogP contribution in [-0.2, 0) is 12.7 Å². The van der Waals surface area contributed by atoms with Crippen molar-refractivity contribution in [1.82, 2.24) is 10.2 Å². The first-order valence-corrected chi connectivity index (χ1v) is 11.7. The van der Waals surface area contributed by atoms with Crippen LogP contribution in [-0.4, -0.2) is 50.1 Å². The highest BCUT2D eigenvalue weighted by atomic mass is 19.4. The number of carbonyl (C=O) groups is 2. The van der Waals surface area contributed by atoms with E-state index in [1.54, 1.807) is 13.0 Å². The molecule has 11 heteroatoms. The van der Waals surface area contributed by atoms with Crippen molar-refractivity contribution in [3.05, 3.63) is 58.3 Å². The highest BCUT2D eigenvalue weighted by molar-refractivity contribution is 6.11. The molecule has 0 radical (unpaired) electrons. The van der Waals surface area contributed by atoms with Crippen molar-refractivity contribution >= 4 is 22.8 Å². The zero-order valence-electron chi connectivity index (χ0n) is 20.7. The number of fused-ring (bicyclic) bond motifs is 1. The van der Waals surface area contributed by atoms with Gasteiger partial charge in [0.15, 0.2) is 11.3 Å². The number of piperidine rings is 1. The molecule has 1 aliphatic heterocycles. The van der Waals surface area contributed by atoms with Crippen molar-refractivity contribution in [3.8, 4) is 11.5 Å². The smallest absolute Gasteiger partial charge is 0.416 e. The predicted octanol–water partition coefficient (Wildman–Crippen LogP) is 4.27. The Bertz CT molecular complexity index is 1330. The highest BCUT2D eigenvalue weighted by Gasteiger charge is 2.31. The topological polar surface area (TPSA) is 107 Å². The summed E-state index contributed by atoms with van der Waals surface area (Å²) in [5.41, 5.74) is 6.10. The van der Waals surface area contributed by atoms with Gasteiger partial charge < -0.3 is 24.9 Å². The van der Waals surface area contributed by atoms with Crippen LogP contribution in [0.15, 0.2) is 34.7 Å². The second-order valence-corrected chi connectivity index (χ2v) is 9.00. The molecule has 8 nitrogen and oxygen atoms in total. The second-order valence-electron chi connectivity index (χ2n) is 9.00. The first-order valence-electron chi connectivity index (χ1n) is 11.7. The van der Waals surface area contributed by atoms with Crippen molar-refractivity contribution in [2.45, 2.75) is 38.5 Å². The molecule has 0 spiro atoms. The normalized spacial score (nSPS) is 15.1. The lowest BCUT2D eigenvalue weighted by Crippen LogP contribution is -2.44. The summed E-state index contributed by atoms with van der Waals surface area (Å²) in [4.78, 5) is 27.3. The maximum absolute atomic E-state index is 13.1. The maximum Gasteiger partial charge on any atom is 0.416 e. The molecule has 0 saturated carbocycles. The van der Waals surface area contributed by atoms with Gasteiger partial charge in [0.25, 0.3) is 11.8 Å². The predicted molar refractivity (Wildman–Crippen MR) is 130 cm³/mol. The SMILES string of the molecule is COc1cc(OC)c2c(C)c(C(=O)NC3CCN(Cc4cccc(C(F)(F)F)c4)CC3)oc2c1C(N)=O. The van der Waals surface area contributed by atoms with Gasteiger partial charge in [-0.2, -0.15) is 13.2 Å².